The van der Waals surface area contributed by atoms with Crippen molar-refractivity contribution in [3.63, 3.8) is 0 Å². The van der Waals surface area contributed by atoms with Crippen LogP contribution in [0.2, 0.25) is 0 Å². The third kappa shape index (κ3) is 1.09. The average molecular weight is 156 g/mol. The van der Waals surface area contributed by atoms with Crippen LogP contribution in [0, 0.1) is 11.3 Å². The highest BCUT2D eigenvalue weighted by atomic mass is 16.3. The molecule has 0 bridgehead atoms. The molecule has 0 aromatic carbocycles. The molecule has 2 heteroatoms. The topological polar surface area (TPSA) is 40.5 Å². The van der Waals surface area contributed by atoms with Crippen LogP contribution in [0.25, 0.3) is 0 Å². The monoisotopic (exact) mass is 156 g/mol. The molecule has 11 heavy (non-hydrogen) atoms. The molecule has 0 unspecified atom stereocenters. The van der Waals surface area contributed by atoms with Gasteiger partial charge in [0.15, 0.2) is 0 Å². The van der Waals surface area contributed by atoms with E-state index >= 15 is 0 Å². The van der Waals surface area contributed by atoms with E-state index in [0.29, 0.717) is 5.92 Å². The van der Waals surface area contributed by atoms with Gasteiger partial charge in [-0.25, -0.2) is 0 Å². The van der Waals surface area contributed by atoms with Crippen LogP contribution in [-0.4, -0.2) is 22.9 Å². The van der Waals surface area contributed by atoms with E-state index in [4.69, 9.17) is 5.11 Å². The van der Waals surface area contributed by atoms with Crippen LogP contribution in [-0.2, 0) is 0 Å². The fraction of sp³-hybridized carbons (Fsp3) is 1.00. The van der Waals surface area contributed by atoms with Crippen molar-refractivity contribution < 1.29 is 10.2 Å². The zero-order chi connectivity index (χ0) is 7.90. The number of hydrogen-bond acceptors (Lipinski definition) is 2. The van der Waals surface area contributed by atoms with Gasteiger partial charge in [-0.2, -0.15) is 0 Å². The van der Waals surface area contributed by atoms with Gasteiger partial charge < -0.3 is 10.2 Å². The number of hydrogen-bond donors (Lipinski definition) is 2. The third-order valence-corrected chi connectivity index (χ3v) is 3.43. The van der Waals surface area contributed by atoms with E-state index in [0.717, 1.165) is 12.8 Å². The van der Waals surface area contributed by atoms with Crippen molar-refractivity contribution in [2.45, 2.75) is 38.2 Å². The second-order valence-electron chi connectivity index (χ2n) is 4.16. The summed E-state index contributed by atoms with van der Waals surface area (Å²) in [4.78, 5) is 0. The van der Waals surface area contributed by atoms with Gasteiger partial charge in [0.25, 0.3) is 0 Å². The lowest BCUT2D eigenvalue weighted by Crippen LogP contribution is -2.36. The summed E-state index contributed by atoms with van der Waals surface area (Å²) in [5, 5.41) is 18.8. The first kappa shape index (κ1) is 7.56. The normalized spacial score (nSPS) is 31.1. The summed E-state index contributed by atoms with van der Waals surface area (Å²) in [6.45, 7) is 0.185. The van der Waals surface area contributed by atoms with Gasteiger partial charge in [0.05, 0.1) is 12.7 Å². The van der Waals surface area contributed by atoms with Crippen molar-refractivity contribution in [1.82, 2.24) is 0 Å². The van der Waals surface area contributed by atoms with E-state index in [1.165, 1.54) is 19.3 Å². The standard InChI is InChI=1S/C9H16O2/c10-6-9(4-5-9)8(11)7-2-1-3-7/h7-8,10-11H,1-6H2/t8-/m0/s1. The summed E-state index contributed by atoms with van der Waals surface area (Å²) >= 11 is 0. The predicted octanol–water partition coefficient (Wildman–Crippen LogP) is 0.920. The quantitative estimate of drug-likeness (QED) is 0.638. The summed E-state index contributed by atoms with van der Waals surface area (Å²) < 4.78 is 0. The second-order valence-corrected chi connectivity index (χ2v) is 4.16. The fourth-order valence-electron chi connectivity index (χ4n) is 1.96. The molecule has 0 aromatic rings. The molecule has 2 aliphatic carbocycles. The van der Waals surface area contributed by atoms with E-state index in [9.17, 15) is 5.11 Å². The van der Waals surface area contributed by atoms with Crippen molar-refractivity contribution in [2.24, 2.45) is 11.3 Å². The number of rotatable bonds is 3. The lowest BCUT2D eigenvalue weighted by atomic mass is 9.75. The van der Waals surface area contributed by atoms with E-state index in [1.54, 1.807) is 0 Å². The minimum Gasteiger partial charge on any atom is -0.396 e. The van der Waals surface area contributed by atoms with Crippen LogP contribution >= 0.6 is 0 Å². The Bertz CT molecular complexity index is 148. The lowest BCUT2D eigenvalue weighted by Gasteiger charge is -2.34. The Morgan fingerprint density at radius 2 is 2.00 bits per heavy atom. The molecule has 0 aromatic heterocycles. The molecule has 0 aliphatic heterocycles. The van der Waals surface area contributed by atoms with Gasteiger partial charge in [0.1, 0.15) is 0 Å². The van der Waals surface area contributed by atoms with Crippen molar-refractivity contribution in [1.29, 1.82) is 0 Å². The summed E-state index contributed by atoms with van der Waals surface area (Å²) in [5.74, 6) is 0.504. The van der Waals surface area contributed by atoms with Gasteiger partial charge in [0, 0.05) is 5.41 Å². The van der Waals surface area contributed by atoms with E-state index in [-0.39, 0.29) is 18.1 Å². The van der Waals surface area contributed by atoms with Crippen LogP contribution in [0.3, 0.4) is 0 Å². The van der Waals surface area contributed by atoms with E-state index < -0.39 is 0 Å². The Labute approximate surface area is 67.2 Å². The second kappa shape index (κ2) is 2.46. The summed E-state index contributed by atoms with van der Waals surface area (Å²) in [6, 6.07) is 0. The zero-order valence-electron chi connectivity index (χ0n) is 6.79. The zero-order valence-corrected chi connectivity index (χ0v) is 6.79. The maximum atomic E-state index is 9.80. The Kier molecular flexibility index (Phi) is 1.69. The molecule has 0 radical (unpaired) electrons. The Hall–Kier alpha value is -0.0800. The molecule has 2 aliphatic rings. The largest absolute Gasteiger partial charge is 0.396 e. The van der Waals surface area contributed by atoms with E-state index in [1.807, 2.05) is 0 Å². The first-order valence-electron chi connectivity index (χ1n) is 4.57. The van der Waals surface area contributed by atoms with Crippen LogP contribution in [0.1, 0.15) is 32.1 Å². The number of aliphatic hydroxyl groups is 2. The van der Waals surface area contributed by atoms with Crippen LogP contribution in [0.5, 0.6) is 0 Å². The maximum Gasteiger partial charge on any atom is 0.0646 e. The first-order valence-corrected chi connectivity index (χ1v) is 4.57. The predicted molar refractivity (Wildman–Crippen MR) is 42.1 cm³/mol. The highest BCUT2D eigenvalue weighted by Crippen LogP contribution is 2.53. The molecule has 64 valence electrons. The molecular weight excluding hydrogens is 140 g/mol. The molecule has 0 heterocycles. The van der Waals surface area contributed by atoms with Gasteiger partial charge in [-0.3, -0.25) is 0 Å². The molecule has 0 amide bonds. The van der Waals surface area contributed by atoms with Crippen LogP contribution in [0.4, 0.5) is 0 Å². The summed E-state index contributed by atoms with van der Waals surface area (Å²) in [7, 11) is 0. The summed E-state index contributed by atoms with van der Waals surface area (Å²) in [5.41, 5.74) is -0.0644. The summed E-state index contributed by atoms with van der Waals surface area (Å²) in [6.07, 6.45) is 5.46. The first-order chi connectivity index (χ1) is 5.28. The van der Waals surface area contributed by atoms with Crippen molar-refractivity contribution in [2.75, 3.05) is 6.61 Å². The highest BCUT2D eigenvalue weighted by Gasteiger charge is 2.51. The molecular formula is C9H16O2. The highest BCUT2D eigenvalue weighted by molar-refractivity contribution is 5.01. The Morgan fingerprint density at radius 3 is 2.27 bits per heavy atom. The molecule has 2 fully saturated rings. The average Bonchev–Trinajstić information content (AvgIpc) is 2.63. The van der Waals surface area contributed by atoms with Crippen LogP contribution in [0.15, 0.2) is 0 Å². The Morgan fingerprint density at radius 1 is 1.36 bits per heavy atom. The van der Waals surface area contributed by atoms with Gasteiger partial charge >= 0.3 is 0 Å². The van der Waals surface area contributed by atoms with Gasteiger partial charge in [-0.1, -0.05) is 6.42 Å². The smallest absolute Gasteiger partial charge is 0.0646 e. The Balaban J connectivity index is 1.92. The molecule has 2 nitrogen and oxygen atoms in total. The number of aliphatic hydroxyl groups excluding tert-OH is 2. The lowest BCUT2D eigenvalue weighted by molar-refractivity contribution is -0.0192. The SMILES string of the molecule is OCC1([C@@H](O)C2CCC2)CC1. The molecule has 2 saturated carbocycles. The fourth-order valence-corrected chi connectivity index (χ4v) is 1.96. The molecule has 0 spiro atoms. The van der Waals surface area contributed by atoms with Crippen molar-refractivity contribution in [3.8, 4) is 0 Å². The van der Waals surface area contributed by atoms with Gasteiger partial charge in [-0.15, -0.1) is 0 Å². The molecule has 0 saturated heterocycles. The van der Waals surface area contributed by atoms with E-state index in [2.05, 4.69) is 0 Å². The maximum absolute atomic E-state index is 9.80. The van der Waals surface area contributed by atoms with Crippen LogP contribution < -0.4 is 0 Å². The van der Waals surface area contributed by atoms with Crippen molar-refractivity contribution >= 4 is 0 Å². The minimum atomic E-state index is -0.207. The van der Waals surface area contributed by atoms with Gasteiger partial charge in [0.2, 0.25) is 0 Å². The molecule has 2 rings (SSSR count). The minimum absolute atomic E-state index is 0.0644. The van der Waals surface area contributed by atoms with Gasteiger partial charge in [-0.05, 0) is 31.6 Å². The molecule has 1 atom stereocenters. The molecule has 2 N–H and O–H groups in total. The third-order valence-electron chi connectivity index (χ3n) is 3.43. The van der Waals surface area contributed by atoms with Crippen molar-refractivity contribution in [3.05, 3.63) is 0 Å².